The Morgan fingerprint density at radius 2 is 2.00 bits per heavy atom. The molecule has 2 aromatic heterocycles. The Morgan fingerprint density at radius 3 is 2.70 bits per heavy atom. The lowest BCUT2D eigenvalue weighted by Gasteiger charge is -2.20. The van der Waals surface area contributed by atoms with Gasteiger partial charge in [-0.25, -0.2) is 15.0 Å². The molecule has 4 rings (SSSR count). The average Bonchev–Trinajstić information content (AvgIpc) is 2.98. The van der Waals surface area contributed by atoms with E-state index in [-0.39, 0.29) is 5.75 Å². The quantitative estimate of drug-likeness (QED) is 0.640. The lowest BCUT2D eigenvalue weighted by molar-refractivity contribution is 0.0839. The van der Waals surface area contributed by atoms with Crippen LogP contribution in [-0.4, -0.2) is 43.9 Å². The van der Waals surface area contributed by atoms with E-state index in [1.165, 1.54) is 0 Å². The summed E-state index contributed by atoms with van der Waals surface area (Å²) in [5, 5.41) is 21.0. The first-order valence-corrected chi connectivity index (χ1v) is 8.95. The van der Waals surface area contributed by atoms with Gasteiger partial charge in [0.2, 0.25) is 0 Å². The molecule has 3 heterocycles. The Balaban J connectivity index is 1.80. The van der Waals surface area contributed by atoms with Crippen LogP contribution in [0.15, 0.2) is 24.4 Å². The second-order valence-corrected chi connectivity index (χ2v) is 7.56. The van der Waals surface area contributed by atoms with Crippen LogP contribution < -0.4 is 10.6 Å². The van der Waals surface area contributed by atoms with Gasteiger partial charge in [-0.3, -0.25) is 0 Å². The van der Waals surface area contributed by atoms with Crippen LogP contribution in [0.5, 0.6) is 5.75 Å². The van der Waals surface area contributed by atoms with Crippen LogP contribution in [0.2, 0.25) is 0 Å². The highest BCUT2D eigenvalue weighted by Crippen LogP contribution is 2.33. The number of rotatable bonds is 2. The van der Waals surface area contributed by atoms with Crippen molar-refractivity contribution >= 4 is 22.5 Å². The lowest BCUT2D eigenvalue weighted by Crippen LogP contribution is -2.29. The normalized spacial score (nSPS) is 19.8. The van der Waals surface area contributed by atoms with Crippen LogP contribution in [0.3, 0.4) is 0 Å². The molecular weight excluding hydrogens is 342 g/mol. The number of benzene rings is 1. The number of hydrogen-bond acceptors (Lipinski definition) is 7. The maximum Gasteiger partial charge on any atom is 0.162 e. The summed E-state index contributed by atoms with van der Waals surface area (Å²) in [6, 6.07) is 5.37. The molecule has 0 spiro atoms. The number of phenols is 1. The molecule has 7 nitrogen and oxygen atoms in total. The van der Waals surface area contributed by atoms with E-state index in [0.29, 0.717) is 30.1 Å². The number of nitrogens with zero attached hydrogens (tertiary/aromatic N) is 4. The molecule has 1 saturated heterocycles. The van der Waals surface area contributed by atoms with Crippen molar-refractivity contribution in [3.8, 4) is 17.1 Å². The molecule has 27 heavy (non-hydrogen) atoms. The van der Waals surface area contributed by atoms with Gasteiger partial charge in [-0.1, -0.05) is 6.07 Å². The van der Waals surface area contributed by atoms with Crippen LogP contribution in [0.25, 0.3) is 22.3 Å². The van der Waals surface area contributed by atoms with Gasteiger partial charge >= 0.3 is 0 Å². The highest BCUT2D eigenvalue weighted by molar-refractivity contribution is 5.91. The van der Waals surface area contributed by atoms with Crippen molar-refractivity contribution in [2.24, 2.45) is 0 Å². The number of aromatic nitrogens is 3. The van der Waals surface area contributed by atoms with Crippen molar-refractivity contribution in [3.63, 3.8) is 0 Å². The number of anilines is 2. The van der Waals surface area contributed by atoms with Crippen molar-refractivity contribution in [3.05, 3.63) is 35.5 Å². The Kier molecular flexibility index (Phi) is 3.92. The molecule has 4 N–H and O–H groups in total. The van der Waals surface area contributed by atoms with E-state index < -0.39 is 5.60 Å². The maximum atomic E-state index is 10.2. The third kappa shape index (κ3) is 3.04. The molecule has 3 aromatic rings. The first-order chi connectivity index (χ1) is 12.7. The summed E-state index contributed by atoms with van der Waals surface area (Å²) in [6.45, 7) is 6.89. The molecule has 0 radical (unpaired) electrons. The summed E-state index contributed by atoms with van der Waals surface area (Å²) >= 11 is 0. The number of aliphatic hydroxyl groups is 1. The first-order valence-electron chi connectivity index (χ1n) is 8.95. The third-order valence-corrected chi connectivity index (χ3v) is 5.24. The summed E-state index contributed by atoms with van der Waals surface area (Å²) in [5.41, 5.74) is 8.66. The van der Waals surface area contributed by atoms with Crippen molar-refractivity contribution in [1.82, 2.24) is 15.0 Å². The summed E-state index contributed by atoms with van der Waals surface area (Å²) in [5.74, 6) is 1.80. The number of β-amino-alcohol motifs (C(OH)–C–C–N with tert-alkyl or cyclic N) is 1. The van der Waals surface area contributed by atoms with E-state index in [9.17, 15) is 10.2 Å². The molecule has 1 aromatic carbocycles. The smallest absolute Gasteiger partial charge is 0.162 e. The van der Waals surface area contributed by atoms with E-state index in [1.807, 2.05) is 37.8 Å². The average molecular weight is 365 g/mol. The number of nitrogens with two attached hydrogens (primary N) is 1. The lowest BCUT2D eigenvalue weighted by atomic mass is 10.0. The van der Waals surface area contributed by atoms with Crippen LogP contribution in [-0.2, 0) is 0 Å². The molecule has 0 aliphatic carbocycles. The van der Waals surface area contributed by atoms with Crippen LogP contribution in [0.1, 0.15) is 24.5 Å². The first kappa shape index (κ1) is 17.5. The van der Waals surface area contributed by atoms with Crippen LogP contribution in [0.4, 0.5) is 11.6 Å². The maximum absolute atomic E-state index is 10.2. The van der Waals surface area contributed by atoms with Crippen molar-refractivity contribution in [1.29, 1.82) is 0 Å². The highest BCUT2D eigenvalue weighted by atomic mass is 16.3. The predicted octanol–water partition coefficient (Wildman–Crippen LogP) is 2.56. The molecule has 0 amide bonds. The molecule has 7 heteroatoms. The molecular formula is C20H23N5O2. The second-order valence-electron chi connectivity index (χ2n) is 7.56. The van der Waals surface area contributed by atoms with E-state index in [2.05, 4.69) is 15.0 Å². The van der Waals surface area contributed by atoms with E-state index >= 15 is 0 Å². The molecule has 0 saturated carbocycles. The van der Waals surface area contributed by atoms with Gasteiger partial charge in [0.1, 0.15) is 17.4 Å². The van der Waals surface area contributed by atoms with Crippen LogP contribution >= 0.6 is 0 Å². The van der Waals surface area contributed by atoms with E-state index in [4.69, 9.17) is 5.73 Å². The van der Waals surface area contributed by atoms with Gasteiger partial charge in [0.15, 0.2) is 5.82 Å². The van der Waals surface area contributed by atoms with E-state index in [1.54, 1.807) is 12.3 Å². The van der Waals surface area contributed by atoms with Crippen molar-refractivity contribution in [2.45, 2.75) is 32.8 Å². The molecule has 0 bridgehead atoms. The fourth-order valence-corrected chi connectivity index (χ4v) is 3.65. The summed E-state index contributed by atoms with van der Waals surface area (Å²) < 4.78 is 0. The summed E-state index contributed by atoms with van der Waals surface area (Å²) in [7, 11) is 0. The standard InChI is InChI=1S/C20H23N5O2/c1-11-4-5-15(26)12(2)17(11)19-23-14-9-22-16(8-13(14)18(21)24-19)25-7-6-20(3,27)10-25/h4-5,8-9,26-27H,6-7,10H2,1-3H3,(H2,21,23,24)/t20-/m1/s1. The number of aromatic hydroxyl groups is 1. The van der Waals surface area contributed by atoms with Crippen molar-refractivity contribution < 1.29 is 10.2 Å². The zero-order valence-electron chi connectivity index (χ0n) is 15.7. The SMILES string of the molecule is Cc1ccc(O)c(C)c1-c1nc(N)c2cc(N3CC[C@@](C)(O)C3)ncc2n1. The summed E-state index contributed by atoms with van der Waals surface area (Å²) in [6.07, 6.45) is 2.39. The zero-order chi connectivity index (χ0) is 19.3. The second kappa shape index (κ2) is 6.06. The van der Waals surface area contributed by atoms with Gasteiger partial charge < -0.3 is 20.8 Å². The number of fused-ring (bicyclic) bond motifs is 1. The molecule has 140 valence electrons. The third-order valence-electron chi connectivity index (χ3n) is 5.24. The largest absolute Gasteiger partial charge is 0.508 e. The number of hydrogen-bond donors (Lipinski definition) is 3. The fraction of sp³-hybridized carbons (Fsp3) is 0.350. The molecule has 1 fully saturated rings. The van der Waals surface area contributed by atoms with Gasteiger partial charge in [0.25, 0.3) is 0 Å². The van der Waals surface area contributed by atoms with Gasteiger partial charge in [-0.2, -0.15) is 0 Å². The fourth-order valence-electron chi connectivity index (χ4n) is 3.65. The minimum absolute atomic E-state index is 0.201. The number of nitrogen functional groups attached to an aromatic ring is 1. The molecule has 0 unspecified atom stereocenters. The van der Waals surface area contributed by atoms with Crippen molar-refractivity contribution in [2.75, 3.05) is 23.7 Å². The predicted molar refractivity (Wildman–Crippen MR) is 106 cm³/mol. The number of phenolic OH excluding ortho intramolecular Hbond substituents is 1. The highest BCUT2D eigenvalue weighted by Gasteiger charge is 2.32. The van der Waals surface area contributed by atoms with Gasteiger partial charge in [0, 0.05) is 29.6 Å². The number of aryl methyl sites for hydroxylation is 1. The Hall–Kier alpha value is -2.93. The van der Waals surface area contributed by atoms with E-state index in [0.717, 1.165) is 34.4 Å². The molecule has 1 aliphatic rings. The monoisotopic (exact) mass is 365 g/mol. The Morgan fingerprint density at radius 1 is 1.22 bits per heavy atom. The Bertz CT molecular complexity index is 1050. The molecule has 1 aliphatic heterocycles. The zero-order valence-corrected chi connectivity index (χ0v) is 15.7. The Labute approximate surface area is 157 Å². The molecule has 1 atom stereocenters. The summed E-state index contributed by atoms with van der Waals surface area (Å²) in [4.78, 5) is 15.7. The minimum Gasteiger partial charge on any atom is -0.508 e. The topological polar surface area (TPSA) is 108 Å². The number of pyridine rings is 1. The van der Waals surface area contributed by atoms with Crippen LogP contribution in [0, 0.1) is 13.8 Å². The van der Waals surface area contributed by atoms with Gasteiger partial charge in [0.05, 0.1) is 17.3 Å². The van der Waals surface area contributed by atoms with Gasteiger partial charge in [-0.15, -0.1) is 0 Å². The minimum atomic E-state index is -0.701. The van der Waals surface area contributed by atoms with Gasteiger partial charge in [-0.05, 0) is 44.9 Å².